The van der Waals surface area contributed by atoms with E-state index in [4.69, 9.17) is 4.74 Å². The minimum absolute atomic E-state index is 0. The maximum Gasteiger partial charge on any atom is 0.0728 e. The number of hydrogen-bond acceptors (Lipinski definition) is 3. The molecule has 3 rings (SSSR count). The summed E-state index contributed by atoms with van der Waals surface area (Å²) < 4.78 is 5.17. The molecule has 0 amide bonds. The van der Waals surface area contributed by atoms with Gasteiger partial charge in [0, 0.05) is 12.2 Å². The molecule has 0 bridgehead atoms. The molecule has 0 atom stereocenters. The van der Waals surface area contributed by atoms with Crippen molar-refractivity contribution in [1.29, 1.82) is 0 Å². The normalized spacial score (nSPS) is 19.2. The van der Waals surface area contributed by atoms with E-state index in [2.05, 4.69) is 28.8 Å². The van der Waals surface area contributed by atoms with Gasteiger partial charge in [-0.15, -0.1) is 12.4 Å². The van der Waals surface area contributed by atoms with Gasteiger partial charge in [0.05, 0.1) is 19.3 Å². The largest absolute Gasteiger partial charge is 0.377 e. The third kappa shape index (κ3) is 2.17. The van der Waals surface area contributed by atoms with E-state index in [1.807, 2.05) is 0 Å². The van der Waals surface area contributed by atoms with Gasteiger partial charge in [-0.05, 0) is 30.2 Å². The van der Waals surface area contributed by atoms with Crippen LogP contribution >= 0.6 is 12.4 Å². The van der Waals surface area contributed by atoms with Crippen LogP contribution < -0.4 is 10.6 Å². The predicted octanol–water partition coefficient (Wildman–Crippen LogP) is 1.56. The van der Waals surface area contributed by atoms with E-state index in [9.17, 15) is 0 Å². The van der Waals surface area contributed by atoms with Gasteiger partial charge in [-0.1, -0.05) is 12.1 Å². The highest BCUT2D eigenvalue weighted by Crippen LogP contribution is 2.24. The van der Waals surface area contributed by atoms with Crippen molar-refractivity contribution in [1.82, 2.24) is 5.32 Å². The standard InChI is InChI=1S/C12H16N2O.ClH/c1-2-9-4-5-13-6-11(9)12(3-1)14-10-7-15-8-10;/h1-3,10,13-14H,4-8H2;1H. The summed E-state index contributed by atoms with van der Waals surface area (Å²) in [6, 6.07) is 7.06. The zero-order valence-electron chi connectivity index (χ0n) is 9.16. The maximum atomic E-state index is 5.17. The Morgan fingerprint density at radius 3 is 2.94 bits per heavy atom. The predicted molar refractivity (Wildman–Crippen MR) is 67.3 cm³/mol. The summed E-state index contributed by atoms with van der Waals surface area (Å²) in [5.74, 6) is 0. The number of benzene rings is 1. The lowest BCUT2D eigenvalue weighted by atomic mass is 9.99. The van der Waals surface area contributed by atoms with Gasteiger partial charge >= 0.3 is 0 Å². The SMILES string of the molecule is Cl.c1cc2c(c(NC3COC3)c1)CNCC2. The Kier molecular flexibility index (Phi) is 3.69. The molecule has 88 valence electrons. The van der Waals surface area contributed by atoms with Gasteiger partial charge in [-0.2, -0.15) is 0 Å². The van der Waals surface area contributed by atoms with Gasteiger partial charge in [0.15, 0.2) is 0 Å². The third-order valence-corrected chi connectivity index (χ3v) is 3.14. The number of ether oxygens (including phenoxy) is 1. The molecule has 1 fully saturated rings. The zero-order valence-corrected chi connectivity index (χ0v) is 9.98. The molecule has 1 aromatic carbocycles. The number of halogens is 1. The maximum absolute atomic E-state index is 5.17. The molecular formula is C12H17ClN2O. The molecule has 1 aromatic rings. The Balaban J connectivity index is 0.000000963. The van der Waals surface area contributed by atoms with Crippen LogP contribution in [-0.4, -0.2) is 25.8 Å². The average molecular weight is 241 g/mol. The van der Waals surface area contributed by atoms with Crippen LogP contribution in [0.3, 0.4) is 0 Å². The van der Waals surface area contributed by atoms with Crippen LogP contribution in [0.15, 0.2) is 18.2 Å². The van der Waals surface area contributed by atoms with Gasteiger partial charge in [0.25, 0.3) is 0 Å². The van der Waals surface area contributed by atoms with Gasteiger partial charge in [0.2, 0.25) is 0 Å². The minimum Gasteiger partial charge on any atom is -0.377 e. The summed E-state index contributed by atoms with van der Waals surface area (Å²) in [6.45, 7) is 3.78. The number of nitrogens with one attached hydrogen (secondary N) is 2. The second-order valence-electron chi connectivity index (χ2n) is 4.25. The Bertz CT molecular complexity index is 366. The van der Waals surface area contributed by atoms with Crippen molar-refractivity contribution < 1.29 is 4.74 Å². The molecule has 0 unspecified atom stereocenters. The van der Waals surface area contributed by atoms with Crippen molar-refractivity contribution in [3.8, 4) is 0 Å². The molecule has 0 aromatic heterocycles. The van der Waals surface area contributed by atoms with Crippen LogP contribution in [0.2, 0.25) is 0 Å². The fraction of sp³-hybridized carbons (Fsp3) is 0.500. The first-order valence-corrected chi connectivity index (χ1v) is 5.59. The molecule has 16 heavy (non-hydrogen) atoms. The second kappa shape index (κ2) is 5.04. The van der Waals surface area contributed by atoms with E-state index < -0.39 is 0 Å². The molecule has 0 radical (unpaired) electrons. The van der Waals surface area contributed by atoms with Crippen LogP contribution in [0.25, 0.3) is 0 Å². The summed E-state index contributed by atoms with van der Waals surface area (Å²) in [5, 5.41) is 6.96. The van der Waals surface area contributed by atoms with Crippen LogP contribution in [0.4, 0.5) is 5.69 Å². The first-order chi connectivity index (χ1) is 7.43. The highest BCUT2D eigenvalue weighted by Gasteiger charge is 2.20. The second-order valence-corrected chi connectivity index (χ2v) is 4.25. The molecule has 0 spiro atoms. The molecule has 1 saturated heterocycles. The monoisotopic (exact) mass is 240 g/mol. The number of rotatable bonds is 2. The fourth-order valence-corrected chi connectivity index (χ4v) is 2.19. The Morgan fingerprint density at radius 2 is 2.19 bits per heavy atom. The van der Waals surface area contributed by atoms with E-state index >= 15 is 0 Å². The summed E-state index contributed by atoms with van der Waals surface area (Å²) in [5.41, 5.74) is 4.21. The fourth-order valence-electron chi connectivity index (χ4n) is 2.19. The first-order valence-electron chi connectivity index (χ1n) is 5.59. The lowest BCUT2D eigenvalue weighted by Gasteiger charge is -2.30. The van der Waals surface area contributed by atoms with Gasteiger partial charge < -0.3 is 15.4 Å². The molecule has 0 saturated carbocycles. The summed E-state index contributed by atoms with van der Waals surface area (Å²) in [6.07, 6.45) is 1.14. The van der Waals surface area contributed by atoms with Crippen molar-refractivity contribution in [2.75, 3.05) is 25.1 Å². The van der Waals surface area contributed by atoms with E-state index in [1.165, 1.54) is 16.8 Å². The van der Waals surface area contributed by atoms with E-state index in [0.29, 0.717) is 6.04 Å². The Hall–Kier alpha value is -0.770. The van der Waals surface area contributed by atoms with Gasteiger partial charge in [0.1, 0.15) is 0 Å². The molecule has 3 nitrogen and oxygen atoms in total. The van der Waals surface area contributed by atoms with E-state index in [1.54, 1.807) is 0 Å². The smallest absolute Gasteiger partial charge is 0.0728 e. The highest BCUT2D eigenvalue weighted by atomic mass is 35.5. The Labute approximate surface area is 102 Å². The number of hydrogen-bond donors (Lipinski definition) is 2. The van der Waals surface area contributed by atoms with E-state index in [-0.39, 0.29) is 12.4 Å². The molecule has 2 aliphatic heterocycles. The summed E-state index contributed by atoms with van der Waals surface area (Å²) in [7, 11) is 0. The minimum atomic E-state index is 0. The molecule has 2 N–H and O–H groups in total. The molecular weight excluding hydrogens is 224 g/mol. The molecule has 4 heteroatoms. The van der Waals surface area contributed by atoms with Crippen molar-refractivity contribution in [3.63, 3.8) is 0 Å². The van der Waals surface area contributed by atoms with E-state index in [0.717, 1.165) is 32.7 Å². The summed E-state index contributed by atoms with van der Waals surface area (Å²) >= 11 is 0. The molecule has 2 heterocycles. The third-order valence-electron chi connectivity index (χ3n) is 3.14. The zero-order chi connectivity index (χ0) is 10.1. The van der Waals surface area contributed by atoms with Crippen molar-refractivity contribution >= 4 is 18.1 Å². The summed E-state index contributed by atoms with van der Waals surface area (Å²) in [4.78, 5) is 0. The van der Waals surface area contributed by atoms with Crippen LogP contribution in [0.5, 0.6) is 0 Å². The van der Waals surface area contributed by atoms with Crippen molar-refractivity contribution in [2.45, 2.75) is 19.0 Å². The van der Waals surface area contributed by atoms with Crippen LogP contribution in [-0.2, 0) is 17.7 Å². The van der Waals surface area contributed by atoms with Crippen LogP contribution in [0, 0.1) is 0 Å². The topological polar surface area (TPSA) is 33.3 Å². The molecule has 2 aliphatic rings. The first kappa shape index (κ1) is 11.7. The molecule has 0 aliphatic carbocycles. The number of anilines is 1. The van der Waals surface area contributed by atoms with Gasteiger partial charge in [-0.25, -0.2) is 0 Å². The quantitative estimate of drug-likeness (QED) is 0.823. The average Bonchev–Trinajstić information content (AvgIpc) is 2.23. The number of fused-ring (bicyclic) bond motifs is 1. The highest BCUT2D eigenvalue weighted by molar-refractivity contribution is 5.85. The Morgan fingerprint density at radius 1 is 1.31 bits per heavy atom. The lowest BCUT2D eigenvalue weighted by molar-refractivity contribution is 0.0210. The van der Waals surface area contributed by atoms with Gasteiger partial charge in [-0.3, -0.25) is 0 Å². The van der Waals surface area contributed by atoms with Crippen LogP contribution in [0.1, 0.15) is 11.1 Å². The van der Waals surface area contributed by atoms with Crippen molar-refractivity contribution in [2.24, 2.45) is 0 Å². The lowest BCUT2D eigenvalue weighted by Crippen LogP contribution is -2.40. The van der Waals surface area contributed by atoms with Crippen molar-refractivity contribution in [3.05, 3.63) is 29.3 Å².